The second-order valence-corrected chi connectivity index (χ2v) is 11.2. The van der Waals surface area contributed by atoms with Crippen molar-refractivity contribution in [1.29, 1.82) is 0 Å². The van der Waals surface area contributed by atoms with E-state index in [-0.39, 0.29) is 11.7 Å². The second-order valence-electron chi connectivity index (χ2n) is 8.77. The Balaban J connectivity index is 1.65. The van der Waals surface area contributed by atoms with Crippen LogP contribution in [0.3, 0.4) is 0 Å². The molecule has 3 heterocycles. The Morgan fingerprint density at radius 1 is 1.24 bits per heavy atom. The van der Waals surface area contributed by atoms with Gasteiger partial charge in [0.05, 0.1) is 23.8 Å². The van der Waals surface area contributed by atoms with Gasteiger partial charge in [-0.1, -0.05) is 61.5 Å². The Morgan fingerprint density at radius 3 is 2.76 bits per heavy atom. The van der Waals surface area contributed by atoms with Gasteiger partial charge in [-0.2, -0.15) is 0 Å². The highest BCUT2D eigenvalue weighted by molar-refractivity contribution is 7.98. The van der Waals surface area contributed by atoms with Crippen LogP contribution < -0.4 is 5.56 Å². The molecule has 0 N–H and O–H groups in total. The van der Waals surface area contributed by atoms with Crippen molar-refractivity contribution in [1.82, 2.24) is 9.55 Å². The molecule has 1 unspecified atom stereocenters. The van der Waals surface area contributed by atoms with E-state index in [1.165, 1.54) is 0 Å². The van der Waals surface area contributed by atoms with Crippen LogP contribution in [0.4, 0.5) is 0 Å². The molecule has 4 nitrogen and oxygen atoms in total. The molecule has 0 aliphatic carbocycles. The lowest BCUT2D eigenvalue weighted by Crippen LogP contribution is -2.28. The Kier molecular flexibility index (Phi) is 6.36. The highest BCUT2D eigenvalue weighted by Crippen LogP contribution is 2.36. The molecule has 0 spiro atoms. The molecule has 33 heavy (non-hydrogen) atoms. The van der Waals surface area contributed by atoms with E-state index in [9.17, 15) is 4.79 Å². The van der Waals surface area contributed by atoms with Gasteiger partial charge in [-0.25, -0.2) is 4.98 Å². The number of halogens is 1. The summed E-state index contributed by atoms with van der Waals surface area (Å²) in [6.45, 7) is 6.92. The predicted octanol–water partition coefficient (Wildman–Crippen LogP) is 6.80. The maximum atomic E-state index is 14.0. The standard InChI is InChI=1S/C26H25ClN2O2S2/c1-15(2)21-12-20-22(13-31-21)33-24-23(20)25(30)29(19-6-4-5-16(3)11-19)26(28-24)32-14-17-7-9-18(27)10-8-17/h4-11,15,21H,12-14H2,1-3H3. The number of rotatable bonds is 5. The molecule has 0 saturated carbocycles. The minimum absolute atomic E-state index is 0.00566. The summed E-state index contributed by atoms with van der Waals surface area (Å²) in [5.41, 5.74) is 4.21. The van der Waals surface area contributed by atoms with E-state index in [4.69, 9.17) is 21.3 Å². The van der Waals surface area contributed by atoms with Crippen molar-refractivity contribution >= 4 is 44.9 Å². The van der Waals surface area contributed by atoms with E-state index in [1.54, 1.807) is 27.7 Å². The zero-order valence-electron chi connectivity index (χ0n) is 18.8. The number of aromatic nitrogens is 2. The van der Waals surface area contributed by atoms with Gasteiger partial charge in [0, 0.05) is 22.1 Å². The lowest BCUT2D eigenvalue weighted by Gasteiger charge is -2.26. The fourth-order valence-electron chi connectivity index (χ4n) is 4.16. The predicted molar refractivity (Wildman–Crippen MR) is 138 cm³/mol. The number of nitrogens with zero attached hydrogens (tertiary/aromatic N) is 2. The minimum atomic E-state index is 0.00566. The van der Waals surface area contributed by atoms with Crippen LogP contribution in [0, 0.1) is 12.8 Å². The molecular weight excluding hydrogens is 472 g/mol. The number of aryl methyl sites for hydroxylation is 1. The molecule has 0 amide bonds. The fraction of sp³-hybridized carbons (Fsp3) is 0.308. The monoisotopic (exact) mass is 496 g/mol. The van der Waals surface area contributed by atoms with E-state index in [0.717, 1.165) is 43.9 Å². The van der Waals surface area contributed by atoms with Crippen molar-refractivity contribution in [3.8, 4) is 5.69 Å². The largest absolute Gasteiger partial charge is 0.372 e. The number of fused-ring (bicyclic) bond motifs is 3. The van der Waals surface area contributed by atoms with E-state index in [0.29, 0.717) is 28.5 Å². The molecule has 0 fully saturated rings. The van der Waals surface area contributed by atoms with Crippen molar-refractivity contribution in [2.45, 2.75) is 50.8 Å². The highest BCUT2D eigenvalue weighted by Gasteiger charge is 2.28. The zero-order chi connectivity index (χ0) is 23.1. The molecule has 1 atom stereocenters. The van der Waals surface area contributed by atoms with Crippen LogP contribution in [0.5, 0.6) is 0 Å². The quantitative estimate of drug-likeness (QED) is 0.225. The SMILES string of the molecule is Cc1cccc(-n2c(SCc3ccc(Cl)cc3)nc3sc4c(c3c2=O)CC(C(C)C)OC4)c1. The first-order valence-electron chi connectivity index (χ1n) is 11.0. The molecule has 1 aliphatic heterocycles. The van der Waals surface area contributed by atoms with Gasteiger partial charge >= 0.3 is 0 Å². The first kappa shape index (κ1) is 22.7. The van der Waals surface area contributed by atoms with Crippen LogP contribution in [0.15, 0.2) is 58.5 Å². The lowest BCUT2D eigenvalue weighted by atomic mass is 9.96. The molecule has 7 heteroatoms. The lowest BCUT2D eigenvalue weighted by molar-refractivity contribution is 0.00200. The third kappa shape index (κ3) is 4.50. The topological polar surface area (TPSA) is 44.1 Å². The summed E-state index contributed by atoms with van der Waals surface area (Å²) >= 11 is 9.20. The van der Waals surface area contributed by atoms with Crippen molar-refractivity contribution in [3.05, 3.63) is 85.5 Å². The number of benzene rings is 2. The van der Waals surface area contributed by atoms with Crippen LogP contribution in [0.1, 0.15) is 35.4 Å². The third-order valence-electron chi connectivity index (χ3n) is 6.00. The zero-order valence-corrected chi connectivity index (χ0v) is 21.2. The molecule has 0 radical (unpaired) electrons. The molecule has 4 aromatic rings. The van der Waals surface area contributed by atoms with Gasteiger partial charge in [0.25, 0.3) is 5.56 Å². The summed E-state index contributed by atoms with van der Waals surface area (Å²) < 4.78 is 7.85. The highest BCUT2D eigenvalue weighted by atomic mass is 35.5. The Hall–Kier alpha value is -2.12. The molecule has 2 aromatic carbocycles. The average molecular weight is 497 g/mol. The Labute approximate surface area is 206 Å². The summed E-state index contributed by atoms with van der Waals surface area (Å²) in [7, 11) is 0. The van der Waals surface area contributed by atoms with Gasteiger partial charge in [0.2, 0.25) is 0 Å². The summed E-state index contributed by atoms with van der Waals surface area (Å²) in [4.78, 5) is 20.9. The normalized spacial score (nSPS) is 15.8. The van der Waals surface area contributed by atoms with Crippen LogP contribution in [-0.4, -0.2) is 15.7 Å². The van der Waals surface area contributed by atoms with Crippen LogP contribution in [0.2, 0.25) is 5.02 Å². The van der Waals surface area contributed by atoms with E-state index < -0.39 is 0 Å². The summed E-state index contributed by atoms with van der Waals surface area (Å²) in [5.74, 6) is 1.10. The number of ether oxygens (including phenoxy) is 1. The number of hydrogen-bond donors (Lipinski definition) is 0. The maximum Gasteiger partial charge on any atom is 0.267 e. The van der Waals surface area contributed by atoms with Gasteiger partial charge in [0.1, 0.15) is 4.83 Å². The smallest absolute Gasteiger partial charge is 0.267 e. The first-order chi connectivity index (χ1) is 15.9. The number of thiophene rings is 1. The van der Waals surface area contributed by atoms with E-state index in [1.807, 2.05) is 55.5 Å². The molecule has 5 rings (SSSR count). The molecule has 2 aromatic heterocycles. The summed E-state index contributed by atoms with van der Waals surface area (Å²) in [6, 6.07) is 15.8. The Morgan fingerprint density at radius 2 is 2.03 bits per heavy atom. The molecule has 1 aliphatic rings. The van der Waals surface area contributed by atoms with Crippen LogP contribution in [-0.2, 0) is 23.5 Å². The van der Waals surface area contributed by atoms with E-state index in [2.05, 4.69) is 13.8 Å². The molecular formula is C26H25ClN2O2S2. The molecule has 0 saturated heterocycles. The fourth-order valence-corrected chi connectivity index (χ4v) is 6.42. The average Bonchev–Trinajstić information content (AvgIpc) is 3.16. The van der Waals surface area contributed by atoms with Crippen LogP contribution >= 0.6 is 34.7 Å². The molecule has 0 bridgehead atoms. The van der Waals surface area contributed by atoms with Crippen LogP contribution in [0.25, 0.3) is 15.9 Å². The van der Waals surface area contributed by atoms with E-state index >= 15 is 0 Å². The van der Waals surface area contributed by atoms with Gasteiger partial charge in [-0.3, -0.25) is 9.36 Å². The minimum Gasteiger partial charge on any atom is -0.372 e. The summed E-state index contributed by atoms with van der Waals surface area (Å²) in [5, 5.41) is 2.17. The number of hydrogen-bond acceptors (Lipinski definition) is 5. The van der Waals surface area contributed by atoms with Crippen molar-refractivity contribution < 1.29 is 4.74 Å². The summed E-state index contributed by atoms with van der Waals surface area (Å²) in [6.07, 6.45) is 0.885. The van der Waals surface area contributed by atoms with Gasteiger partial charge < -0.3 is 4.74 Å². The van der Waals surface area contributed by atoms with Crippen molar-refractivity contribution in [2.75, 3.05) is 0 Å². The van der Waals surface area contributed by atoms with Crippen molar-refractivity contribution in [3.63, 3.8) is 0 Å². The second kappa shape index (κ2) is 9.26. The molecule has 170 valence electrons. The number of thioether (sulfide) groups is 1. The third-order valence-corrected chi connectivity index (χ3v) is 8.36. The van der Waals surface area contributed by atoms with Crippen molar-refractivity contribution in [2.24, 2.45) is 5.92 Å². The Bertz CT molecular complexity index is 1380. The van der Waals surface area contributed by atoms with Gasteiger partial charge in [-0.05, 0) is 53.8 Å². The van der Waals surface area contributed by atoms with Gasteiger partial charge in [-0.15, -0.1) is 11.3 Å². The van der Waals surface area contributed by atoms with Gasteiger partial charge in [0.15, 0.2) is 5.16 Å². The first-order valence-corrected chi connectivity index (χ1v) is 13.2. The maximum absolute atomic E-state index is 14.0.